The van der Waals surface area contributed by atoms with E-state index in [2.05, 4.69) is 18.9 Å². The highest BCUT2D eigenvalue weighted by Gasteiger charge is 2.43. The van der Waals surface area contributed by atoms with Gasteiger partial charge in [-0.25, -0.2) is 0 Å². The Morgan fingerprint density at radius 3 is 2.73 bits per heavy atom. The standard InChI is InChI=1S/C20H32N4O2/c1-15(2)7-11-23-13-20(9-6-18(23)25)8-5-10-24(14-20)19(26)17-12-16(3)21-22(17)4/h12,15H,5-11,13-14H2,1-4H3. The molecule has 2 fully saturated rings. The molecule has 2 aliphatic heterocycles. The van der Waals surface area contributed by atoms with Crippen LogP contribution in [0.4, 0.5) is 0 Å². The second-order valence-electron chi connectivity index (χ2n) is 8.62. The Kier molecular flexibility index (Phi) is 5.39. The smallest absolute Gasteiger partial charge is 0.272 e. The molecule has 3 rings (SSSR count). The van der Waals surface area contributed by atoms with E-state index in [0.717, 1.165) is 57.6 Å². The summed E-state index contributed by atoms with van der Waals surface area (Å²) < 4.78 is 1.68. The molecule has 1 unspecified atom stereocenters. The zero-order valence-corrected chi connectivity index (χ0v) is 16.6. The number of piperidine rings is 2. The molecule has 1 atom stereocenters. The van der Waals surface area contributed by atoms with Gasteiger partial charge in [-0.1, -0.05) is 13.8 Å². The lowest BCUT2D eigenvalue weighted by Gasteiger charge is -2.48. The van der Waals surface area contributed by atoms with E-state index in [-0.39, 0.29) is 17.2 Å². The fraction of sp³-hybridized carbons (Fsp3) is 0.750. The average molecular weight is 361 g/mol. The number of hydrogen-bond acceptors (Lipinski definition) is 3. The molecule has 2 amide bonds. The normalized spacial score (nSPS) is 24.0. The van der Waals surface area contributed by atoms with Crippen LogP contribution < -0.4 is 0 Å². The van der Waals surface area contributed by atoms with E-state index in [1.54, 1.807) is 4.68 Å². The first-order chi connectivity index (χ1) is 12.3. The first kappa shape index (κ1) is 18.9. The van der Waals surface area contributed by atoms with Gasteiger partial charge >= 0.3 is 0 Å². The largest absolute Gasteiger partial charge is 0.342 e. The van der Waals surface area contributed by atoms with Crippen molar-refractivity contribution in [3.05, 3.63) is 17.5 Å². The average Bonchev–Trinajstić information content (AvgIpc) is 2.93. The van der Waals surface area contributed by atoms with Crippen molar-refractivity contribution in [2.24, 2.45) is 18.4 Å². The van der Waals surface area contributed by atoms with Crippen LogP contribution in [0.25, 0.3) is 0 Å². The van der Waals surface area contributed by atoms with Crippen molar-refractivity contribution in [3.8, 4) is 0 Å². The summed E-state index contributed by atoms with van der Waals surface area (Å²) in [6.45, 7) is 9.49. The molecule has 1 spiro atoms. The van der Waals surface area contributed by atoms with E-state index in [1.807, 2.05) is 29.8 Å². The third-order valence-corrected chi connectivity index (χ3v) is 5.89. The highest BCUT2D eigenvalue weighted by atomic mass is 16.2. The third kappa shape index (κ3) is 3.94. The zero-order valence-electron chi connectivity index (χ0n) is 16.6. The highest BCUT2D eigenvalue weighted by Crippen LogP contribution is 2.39. The van der Waals surface area contributed by atoms with Crippen molar-refractivity contribution in [3.63, 3.8) is 0 Å². The minimum atomic E-state index is 0.0619. The fourth-order valence-corrected chi connectivity index (χ4v) is 4.41. The summed E-state index contributed by atoms with van der Waals surface area (Å²) in [5, 5.41) is 4.31. The summed E-state index contributed by atoms with van der Waals surface area (Å²) >= 11 is 0. The summed E-state index contributed by atoms with van der Waals surface area (Å²) in [6.07, 6.45) is 4.67. The fourth-order valence-electron chi connectivity index (χ4n) is 4.41. The van der Waals surface area contributed by atoms with Crippen LogP contribution in [0.1, 0.15) is 62.1 Å². The summed E-state index contributed by atoms with van der Waals surface area (Å²) in [5.41, 5.74) is 1.58. The lowest BCUT2D eigenvalue weighted by molar-refractivity contribution is -0.139. The number of nitrogens with zero attached hydrogens (tertiary/aromatic N) is 4. The van der Waals surface area contributed by atoms with E-state index < -0.39 is 0 Å². The van der Waals surface area contributed by atoms with Crippen molar-refractivity contribution >= 4 is 11.8 Å². The number of likely N-dealkylation sites (tertiary alicyclic amines) is 2. The minimum Gasteiger partial charge on any atom is -0.342 e. The maximum absolute atomic E-state index is 13.0. The first-order valence-electron chi connectivity index (χ1n) is 9.87. The molecule has 144 valence electrons. The number of carbonyl (C=O) groups excluding carboxylic acids is 2. The van der Waals surface area contributed by atoms with Gasteiger partial charge in [0.2, 0.25) is 5.91 Å². The Bertz CT molecular complexity index is 681. The molecule has 3 heterocycles. The predicted molar refractivity (Wildman–Crippen MR) is 101 cm³/mol. The maximum atomic E-state index is 13.0. The van der Waals surface area contributed by atoms with Crippen molar-refractivity contribution < 1.29 is 9.59 Å². The van der Waals surface area contributed by atoms with Gasteiger partial charge in [-0.2, -0.15) is 5.10 Å². The number of amides is 2. The van der Waals surface area contributed by atoms with E-state index in [4.69, 9.17) is 0 Å². The molecule has 0 N–H and O–H groups in total. The quantitative estimate of drug-likeness (QED) is 0.829. The summed E-state index contributed by atoms with van der Waals surface area (Å²) in [7, 11) is 1.83. The lowest BCUT2D eigenvalue weighted by atomic mass is 9.73. The molecule has 6 nitrogen and oxygen atoms in total. The van der Waals surface area contributed by atoms with Gasteiger partial charge in [0, 0.05) is 45.1 Å². The van der Waals surface area contributed by atoms with Crippen LogP contribution in [-0.2, 0) is 11.8 Å². The van der Waals surface area contributed by atoms with Gasteiger partial charge in [-0.05, 0) is 44.6 Å². The van der Waals surface area contributed by atoms with Gasteiger partial charge in [0.05, 0.1) is 5.69 Å². The van der Waals surface area contributed by atoms with E-state index in [1.165, 1.54) is 0 Å². The van der Waals surface area contributed by atoms with Crippen molar-refractivity contribution in [2.75, 3.05) is 26.2 Å². The monoisotopic (exact) mass is 360 g/mol. The molecule has 1 aromatic rings. The molecule has 26 heavy (non-hydrogen) atoms. The molecule has 0 saturated carbocycles. The second-order valence-corrected chi connectivity index (χ2v) is 8.62. The Hall–Kier alpha value is -1.85. The van der Waals surface area contributed by atoms with Gasteiger partial charge in [0.25, 0.3) is 5.91 Å². The molecule has 2 aliphatic rings. The van der Waals surface area contributed by atoms with Crippen LogP contribution in [0.3, 0.4) is 0 Å². The molecule has 1 aromatic heterocycles. The van der Waals surface area contributed by atoms with Crippen LogP contribution in [0.5, 0.6) is 0 Å². The maximum Gasteiger partial charge on any atom is 0.272 e. The van der Waals surface area contributed by atoms with Gasteiger partial charge in [-0.3, -0.25) is 14.3 Å². The van der Waals surface area contributed by atoms with E-state index in [0.29, 0.717) is 18.0 Å². The lowest BCUT2D eigenvalue weighted by Crippen LogP contribution is -2.55. The summed E-state index contributed by atoms with van der Waals surface area (Å²) in [5.74, 6) is 0.943. The first-order valence-corrected chi connectivity index (χ1v) is 9.87. The number of rotatable bonds is 4. The Morgan fingerprint density at radius 2 is 2.08 bits per heavy atom. The van der Waals surface area contributed by atoms with Crippen LogP contribution in [0.2, 0.25) is 0 Å². The van der Waals surface area contributed by atoms with Gasteiger partial charge < -0.3 is 9.80 Å². The van der Waals surface area contributed by atoms with Crippen LogP contribution in [-0.4, -0.2) is 57.6 Å². The van der Waals surface area contributed by atoms with Gasteiger partial charge in [0.15, 0.2) is 0 Å². The van der Waals surface area contributed by atoms with E-state index in [9.17, 15) is 9.59 Å². The molecular weight excluding hydrogens is 328 g/mol. The topological polar surface area (TPSA) is 58.4 Å². The summed E-state index contributed by atoms with van der Waals surface area (Å²) in [4.78, 5) is 29.4. The second kappa shape index (κ2) is 7.41. The number of hydrogen-bond donors (Lipinski definition) is 0. The van der Waals surface area contributed by atoms with Crippen molar-refractivity contribution in [1.82, 2.24) is 19.6 Å². The molecule has 0 aromatic carbocycles. The molecule has 0 bridgehead atoms. The SMILES string of the molecule is Cc1cc(C(=O)N2CCCC3(CCC(=O)N(CCC(C)C)C3)C2)n(C)n1. The number of aromatic nitrogens is 2. The van der Waals surface area contributed by atoms with Crippen LogP contribution in [0, 0.1) is 18.3 Å². The number of aryl methyl sites for hydroxylation is 2. The highest BCUT2D eigenvalue weighted by molar-refractivity contribution is 5.92. The van der Waals surface area contributed by atoms with Crippen LogP contribution in [0.15, 0.2) is 6.07 Å². The molecule has 2 saturated heterocycles. The number of carbonyl (C=O) groups is 2. The van der Waals surface area contributed by atoms with E-state index >= 15 is 0 Å². The minimum absolute atomic E-state index is 0.0619. The molecular formula is C20H32N4O2. The zero-order chi connectivity index (χ0) is 18.9. The Labute approximate surface area is 156 Å². The van der Waals surface area contributed by atoms with Crippen LogP contribution >= 0.6 is 0 Å². The van der Waals surface area contributed by atoms with Gasteiger partial charge in [-0.15, -0.1) is 0 Å². The predicted octanol–water partition coefficient (Wildman–Crippen LogP) is 2.62. The molecule has 0 aliphatic carbocycles. The molecule has 6 heteroatoms. The third-order valence-electron chi connectivity index (χ3n) is 5.89. The molecule has 0 radical (unpaired) electrons. The Balaban J connectivity index is 1.71. The van der Waals surface area contributed by atoms with Gasteiger partial charge in [0.1, 0.15) is 5.69 Å². The Morgan fingerprint density at radius 1 is 1.31 bits per heavy atom. The summed E-state index contributed by atoms with van der Waals surface area (Å²) in [6, 6.07) is 1.86. The van der Waals surface area contributed by atoms with Crippen molar-refractivity contribution in [2.45, 2.75) is 52.9 Å². The van der Waals surface area contributed by atoms with Crippen molar-refractivity contribution in [1.29, 1.82) is 0 Å².